The quantitative estimate of drug-likeness (QED) is 0.163. The number of carbonyl (C=O) groups is 4. The van der Waals surface area contributed by atoms with Gasteiger partial charge >= 0.3 is 5.97 Å². The standard InChI is InChI=1S/C29H36F2NO9S.Rf/c30-29(31,42(37,38)39)13-40-26(35)21-19-9-18-20(21)24(33)32(22(18)23(19)41-25(34)17-4-2-1-3-5-17)27(36)28-10-14-6-15(11-28)8-16(7-14)12-28;/h13-23H,1-12H2,(H,37,38,39);/q-1;/p-1. The molecule has 0 aromatic carbocycles. The first-order valence-electron chi connectivity index (χ1n) is 15.3. The van der Waals surface area contributed by atoms with E-state index >= 15 is 0 Å². The molecule has 1 heterocycles. The number of ether oxygens (including phenoxy) is 2. The van der Waals surface area contributed by atoms with Crippen molar-refractivity contribution >= 4 is 33.9 Å². The zero-order valence-corrected chi connectivity index (χ0v) is 31.0. The van der Waals surface area contributed by atoms with Crippen molar-refractivity contribution in [1.82, 2.24) is 4.90 Å². The number of amides is 2. The molecular formula is C29H35F2NO9RfS-2. The number of hydrogen-bond donors (Lipinski definition) is 0. The summed E-state index contributed by atoms with van der Waals surface area (Å²) in [5.74, 6) is -5.30. The average molecular weight is 879 g/mol. The molecule has 0 aromatic rings. The molecule has 0 aromatic heterocycles. The van der Waals surface area contributed by atoms with Gasteiger partial charge in [0.05, 0.1) is 29.2 Å². The van der Waals surface area contributed by atoms with E-state index in [-0.39, 0.29) is 18.2 Å². The van der Waals surface area contributed by atoms with Crippen LogP contribution in [0.1, 0.15) is 77.0 Å². The monoisotopic (exact) mass is 878 g/mol. The molecule has 8 fully saturated rings. The number of fused-ring (bicyclic) bond motifs is 1. The molecule has 234 valence electrons. The van der Waals surface area contributed by atoms with Crippen LogP contribution in [-0.2, 0) is 38.8 Å². The summed E-state index contributed by atoms with van der Waals surface area (Å²) in [6, 6.07) is -0.739. The first-order chi connectivity index (χ1) is 19.8. The molecule has 8 aliphatic rings. The first kappa shape index (κ1) is 29.9. The van der Waals surface area contributed by atoms with Gasteiger partial charge in [-0.15, -0.1) is 0 Å². The largest absolute Gasteiger partial charge is 0.746 e. The van der Waals surface area contributed by atoms with E-state index in [1.54, 1.807) is 0 Å². The molecular weight excluding hydrogens is 843 g/mol. The summed E-state index contributed by atoms with van der Waals surface area (Å²) in [6.07, 6.45) is 8.72. The van der Waals surface area contributed by atoms with E-state index in [1.807, 2.05) is 0 Å². The zero-order chi connectivity index (χ0) is 29.8. The Balaban J connectivity index is 0.00000329. The topological polar surface area (TPSA) is 147 Å². The average Bonchev–Trinajstić information content (AvgIpc) is 3.54. The molecule has 1 aliphatic heterocycles. The minimum Gasteiger partial charge on any atom is -0.746 e. The van der Waals surface area contributed by atoms with Gasteiger partial charge in [0.2, 0.25) is 11.8 Å². The van der Waals surface area contributed by atoms with E-state index in [4.69, 9.17) is 4.74 Å². The van der Waals surface area contributed by atoms with E-state index < -0.39 is 81.1 Å². The van der Waals surface area contributed by atoms with Crippen molar-refractivity contribution in [2.45, 2.75) is 94.5 Å². The Morgan fingerprint density at radius 3 is 2.07 bits per heavy atom. The molecule has 6 bridgehead atoms. The minimum absolute atomic E-state index is 0. The molecule has 6 unspecified atom stereocenters. The molecule has 2 amide bonds. The number of likely N-dealkylation sites (tertiary alicyclic amines) is 1. The molecule has 1 saturated heterocycles. The first-order valence-corrected chi connectivity index (χ1v) is 16.7. The summed E-state index contributed by atoms with van der Waals surface area (Å²) in [7, 11) is -6.14. The van der Waals surface area contributed by atoms with Crippen LogP contribution in [0.2, 0.25) is 0 Å². The van der Waals surface area contributed by atoms with Gasteiger partial charge in [0.15, 0.2) is 0 Å². The molecule has 10 nitrogen and oxygen atoms in total. The Morgan fingerprint density at radius 1 is 0.930 bits per heavy atom. The third-order valence-corrected chi connectivity index (χ3v) is 12.5. The van der Waals surface area contributed by atoms with E-state index in [2.05, 4.69) is 4.74 Å². The van der Waals surface area contributed by atoms with Gasteiger partial charge in [-0.2, -0.15) is 0 Å². The molecule has 0 radical (unpaired) electrons. The van der Waals surface area contributed by atoms with Gasteiger partial charge in [0.25, 0.3) is 11.2 Å². The van der Waals surface area contributed by atoms with Crippen molar-refractivity contribution in [3.63, 3.8) is 0 Å². The maximum absolute atomic E-state index is 14.4. The Kier molecular flexibility index (Phi) is 6.91. The van der Waals surface area contributed by atoms with E-state index in [0.717, 1.165) is 38.5 Å². The van der Waals surface area contributed by atoms with Crippen LogP contribution >= 0.6 is 0 Å². The van der Waals surface area contributed by atoms with Gasteiger partial charge in [-0.1, -0.05) is 25.9 Å². The van der Waals surface area contributed by atoms with Crippen LogP contribution in [0.3, 0.4) is 0 Å². The maximum Gasteiger partial charge on any atom is 0.309 e. The molecule has 8 rings (SSSR count). The number of esters is 2. The van der Waals surface area contributed by atoms with Crippen LogP contribution in [0.4, 0.5) is 8.78 Å². The van der Waals surface area contributed by atoms with Crippen molar-refractivity contribution in [1.29, 1.82) is 0 Å². The number of nitrogens with zero attached hydrogens (tertiary/aromatic N) is 1. The third-order valence-electron chi connectivity index (χ3n) is 11.7. The van der Waals surface area contributed by atoms with Gasteiger partial charge in [-0.3, -0.25) is 24.1 Å². The second kappa shape index (κ2) is 9.93. The van der Waals surface area contributed by atoms with Crippen LogP contribution in [-0.4, -0.2) is 59.0 Å². The molecule has 7 saturated carbocycles. The van der Waals surface area contributed by atoms with Crippen molar-refractivity contribution in [2.24, 2.45) is 52.8 Å². The van der Waals surface area contributed by atoms with Gasteiger partial charge in [0, 0.05) is 5.92 Å². The molecule has 0 spiro atoms. The fourth-order valence-corrected chi connectivity index (χ4v) is 10.7. The predicted octanol–water partition coefficient (Wildman–Crippen LogP) is 3.16. The van der Waals surface area contributed by atoms with E-state index in [9.17, 15) is 40.9 Å². The Hall–Kier alpha value is -3.15. The number of imide groups is 1. The predicted molar refractivity (Wildman–Crippen MR) is 136 cm³/mol. The molecule has 7 aliphatic carbocycles. The van der Waals surface area contributed by atoms with Crippen molar-refractivity contribution in [3.05, 3.63) is 6.61 Å². The molecule has 43 heavy (non-hydrogen) atoms. The number of halogens is 2. The summed E-state index contributed by atoms with van der Waals surface area (Å²) in [5, 5.41) is -4.96. The normalized spacial score (nSPS) is 41.3. The van der Waals surface area contributed by atoms with Gasteiger partial charge in [-0.25, -0.2) is 17.2 Å². The SMILES string of the molecule is O=C(OC1C2CC3C(C(=O)N(C(=O)C45CC6CC(CC(C6)C4)C5)C31)C2C(=O)O[CH-]C(F)(F)S(=O)(=O)[O-])C1CCCCC1.[Rf]. The van der Waals surface area contributed by atoms with Gasteiger partial charge in [0.1, 0.15) is 16.2 Å². The fraction of sp³-hybridized carbons (Fsp3) is 0.828. The summed E-state index contributed by atoms with van der Waals surface area (Å²) >= 11 is 0. The number of carbonyl (C=O) groups excluding carboxylic acids is 4. The van der Waals surface area contributed by atoms with Crippen LogP contribution in [0.15, 0.2) is 0 Å². The van der Waals surface area contributed by atoms with Crippen molar-refractivity contribution in [3.8, 4) is 0 Å². The zero-order valence-electron chi connectivity index (χ0n) is 23.8. The maximum atomic E-state index is 14.4. The Morgan fingerprint density at radius 2 is 1.51 bits per heavy atom. The van der Waals surface area contributed by atoms with Crippen LogP contribution in [0.25, 0.3) is 0 Å². The van der Waals surface area contributed by atoms with Crippen molar-refractivity contribution < 1.29 is 50.4 Å². The summed E-state index contributed by atoms with van der Waals surface area (Å²) in [6.45, 7) is -0.609. The number of alkyl halides is 2. The van der Waals surface area contributed by atoms with E-state index in [1.165, 1.54) is 4.90 Å². The second-order valence-corrected chi connectivity index (χ2v) is 15.6. The summed E-state index contributed by atoms with van der Waals surface area (Å²) < 4.78 is 70.9. The summed E-state index contributed by atoms with van der Waals surface area (Å²) in [4.78, 5) is 56.2. The molecule has 6 atom stereocenters. The molecule has 14 heteroatoms. The Bertz CT molecular complexity index is 1280. The smallest absolute Gasteiger partial charge is 0.309 e. The fourth-order valence-electron chi connectivity index (χ4n) is 10.5. The van der Waals surface area contributed by atoms with Gasteiger partial charge < -0.3 is 14.0 Å². The van der Waals surface area contributed by atoms with Crippen molar-refractivity contribution in [2.75, 3.05) is 0 Å². The van der Waals surface area contributed by atoms with Gasteiger partial charge in [-0.05, 0) is 81.5 Å². The van der Waals surface area contributed by atoms with Crippen LogP contribution in [0.5, 0.6) is 0 Å². The number of rotatable bonds is 7. The molecule has 0 N–H and O–H groups in total. The number of hydrogen-bond acceptors (Lipinski definition) is 9. The second-order valence-electron chi connectivity index (χ2n) is 14.1. The van der Waals surface area contributed by atoms with Crippen LogP contribution in [0, 0.1) is 59.4 Å². The summed E-state index contributed by atoms with van der Waals surface area (Å²) in [5.41, 5.74) is -0.668. The minimum atomic E-state index is -6.14. The van der Waals surface area contributed by atoms with Crippen LogP contribution < -0.4 is 0 Å². The van der Waals surface area contributed by atoms with E-state index in [0.29, 0.717) is 49.9 Å². The Labute approximate surface area is 243 Å². The third kappa shape index (κ3) is 4.45.